The number of aromatic amines is 1. The summed E-state index contributed by atoms with van der Waals surface area (Å²) in [6.07, 6.45) is 1.62. The van der Waals surface area contributed by atoms with E-state index in [-0.39, 0.29) is 12.3 Å². The molecule has 1 aromatic heterocycles. The lowest BCUT2D eigenvalue weighted by Crippen LogP contribution is -2.43. The number of hydrogen-bond acceptors (Lipinski definition) is 3. The molecule has 0 saturated carbocycles. The van der Waals surface area contributed by atoms with E-state index in [2.05, 4.69) is 21.2 Å². The molecule has 23 heavy (non-hydrogen) atoms. The van der Waals surface area contributed by atoms with Crippen molar-refractivity contribution in [3.63, 3.8) is 0 Å². The fourth-order valence-corrected chi connectivity index (χ4v) is 2.08. The van der Waals surface area contributed by atoms with Crippen molar-refractivity contribution >= 4 is 17.7 Å². The summed E-state index contributed by atoms with van der Waals surface area (Å²) in [7, 11) is 0. The van der Waals surface area contributed by atoms with Crippen molar-refractivity contribution in [1.29, 1.82) is 0 Å². The molecule has 0 aliphatic heterocycles. The molecule has 1 atom stereocenters. The van der Waals surface area contributed by atoms with Gasteiger partial charge in [0.2, 0.25) is 11.8 Å². The summed E-state index contributed by atoms with van der Waals surface area (Å²) in [5, 5.41) is 2.72. The highest BCUT2D eigenvalue weighted by atomic mass is 16.2. The highest BCUT2D eigenvalue weighted by Crippen LogP contribution is 2.16. The minimum absolute atomic E-state index is 0.00853. The highest BCUT2D eigenvalue weighted by molar-refractivity contribution is 5.93. The maximum absolute atomic E-state index is 12.0. The zero-order valence-corrected chi connectivity index (χ0v) is 12.6. The maximum atomic E-state index is 12.0. The molecule has 7 nitrogen and oxygen atoms in total. The van der Waals surface area contributed by atoms with Crippen molar-refractivity contribution in [1.82, 2.24) is 21.2 Å². The van der Waals surface area contributed by atoms with E-state index >= 15 is 0 Å². The Morgan fingerprint density at radius 3 is 2.39 bits per heavy atom. The zero-order chi connectivity index (χ0) is 16.7. The third kappa shape index (κ3) is 4.99. The van der Waals surface area contributed by atoms with E-state index in [0.29, 0.717) is 5.69 Å². The van der Waals surface area contributed by atoms with Crippen LogP contribution in [0.4, 0.5) is 0 Å². The standard InChI is InChI=1S/C16H18N4O3/c1-11(21)18-14(12-6-3-2-4-7-12)10-15(22)19-20-16(23)13-8-5-9-17-13/h2-9,14,17H,10H2,1H3,(H,18,21)(H,19,22)(H,20,23)/t14-/m0/s1. The summed E-state index contributed by atoms with van der Waals surface area (Å²) in [6, 6.07) is 12.0. The van der Waals surface area contributed by atoms with Crippen LogP contribution < -0.4 is 16.2 Å². The fraction of sp³-hybridized carbons (Fsp3) is 0.188. The smallest absolute Gasteiger partial charge is 0.286 e. The Bertz CT molecular complexity index is 668. The van der Waals surface area contributed by atoms with Gasteiger partial charge in [0, 0.05) is 13.1 Å². The van der Waals surface area contributed by atoms with Crippen molar-refractivity contribution in [2.45, 2.75) is 19.4 Å². The molecule has 120 valence electrons. The summed E-state index contributed by atoms with van der Waals surface area (Å²) in [4.78, 5) is 37.8. The molecule has 0 bridgehead atoms. The van der Waals surface area contributed by atoms with Crippen LogP contribution in [-0.4, -0.2) is 22.7 Å². The third-order valence-electron chi connectivity index (χ3n) is 3.13. The van der Waals surface area contributed by atoms with Crippen molar-refractivity contribution < 1.29 is 14.4 Å². The van der Waals surface area contributed by atoms with Crippen LogP contribution in [-0.2, 0) is 9.59 Å². The Morgan fingerprint density at radius 1 is 1.04 bits per heavy atom. The maximum Gasteiger partial charge on any atom is 0.286 e. The topological polar surface area (TPSA) is 103 Å². The summed E-state index contributed by atoms with van der Waals surface area (Å²) in [5.74, 6) is -1.09. The molecule has 0 saturated heterocycles. The molecule has 0 aliphatic carbocycles. The average molecular weight is 314 g/mol. The molecular weight excluding hydrogens is 296 g/mol. The molecule has 0 radical (unpaired) electrons. The van der Waals surface area contributed by atoms with Gasteiger partial charge < -0.3 is 10.3 Å². The van der Waals surface area contributed by atoms with Crippen LogP contribution in [0, 0.1) is 0 Å². The summed E-state index contributed by atoms with van der Waals surface area (Å²) >= 11 is 0. The summed E-state index contributed by atoms with van der Waals surface area (Å²) < 4.78 is 0. The van der Waals surface area contributed by atoms with Gasteiger partial charge in [0.05, 0.1) is 12.5 Å². The van der Waals surface area contributed by atoms with Gasteiger partial charge in [0.15, 0.2) is 0 Å². The Morgan fingerprint density at radius 2 is 1.78 bits per heavy atom. The molecule has 0 spiro atoms. The number of H-pyrrole nitrogens is 1. The fourth-order valence-electron chi connectivity index (χ4n) is 2.08. The molecule has 1 heterocycles. The van der Waals surface area contributed by atoms with Gasteiger partial charge in [0.1, 0.15) is 5.69 Å². The summed E-state index contributed by atoms with van der Waals surface area (Å²) in [6.45, 7) is 1.39. The quantitative estimate of drug-likeness (QED) is 0.620. The van der Waals surface area contributed by atoms with E-state index in [9.17, 15) is 14.4 Å². The van der Waals surface area contributed by atoms with E-state index in [1.165, 1.54) is 6.92 Å². The number of rotatable bonds is 5. The Kier molecular flexibility index (Phi) is 5.51. The molecule has 0 unspecified atom stereocenters. The van der Waals surface area contributed by atoms with Crippen LogP contribution in [0.1, 0.15) is 35.4 Å². The lowest BCUT2D eigenvalue weighted by Gasteiger charge is -2.18. The van der Waals surface area contributed by atoms with Gasteiger partial charge >= 0.3 is 0 Å². The predicted octanol–water partition coefficient (Wildman–Crippen LogP) is 1.04. The second-order valence-electron chi connectivity index (χ2n) is 4.95. The van der Waals surface area contributed by atoms with Gasteiger partial charge in [0.25, 0.3) is 5.91 Å². The first kappa shape index (κ1) is 16.3. The first-order valence-electron chi connectivity index (χ1n) is 7.11. The number of hydrogen-bond donors (Lipinski definition) is 4. The average Bonchev–Trinajstić information content (AvgIpc) is 3.07. The van der Waals surface area contributed by atoms with E-state index in [4.69, 9.17) is 0 Å². The normalized spacial score (nSPS) is 11.3. The van der Waals surface area contributed by atoms with Crippen LogP contribution >= 0.6 is 0 Å². The molecule has 0 fully saturated rings. The monoisotopic (exact) mass is 314 g/mol. The summed E-state index contributed by atoms with van der Waals surface area (Å²) in [5.41, 5.74) is 5.80. The second kappa shape index (κ2) is 7.79. The number of benzene rings is 1. The number of carbonyl (C=O) groups is 3. The molecule has 3 amide bonds. The lowest BCUT2D eigenvalue weighted by molar-refractivity contribution is -0.123. The van der Waals surface area contributed by atoms with Crippen LogP contribution in [0.15, 0.2) is 48.7 Å². The van der Waals surface area contributed by atoms with Crippen LogP contribution in [0.3, 0.4) is 0 Å². The van der Waals surface area contributed by atoms with Gasteiger partial charge in [-0.25, -0.2) is 0 Å². The second-order valence-corrected chi connectivity index (χ2v) is 4.95. The number of carbonyl (C=O) groups excluding carboxylic acids is 3. The minimum Gasteiger partial charge on any atom is -0.357 e. The first-order valence-corrected chi connectivity index (χ1v) is 7.11. The van der Waals surface area contributed by atoms with Crippen molar-refractivity contribution in [3.8, 4) is 0 Å². The Hall–Kier alpha value is -3.09. The van der Waals surface area contributed by atoms with Crippen LogP contribution in [0.25, 0.3) is 0 Å². The van der Waals surface area contributed by atoms with Crippen molar-refractivity contribution in [3.05, 3.63) is 59.9 Å². The Balaban J connectivity index is 1.92. The van der Waals surface area contributed by atoms with Gasteiger partial charge in [-0.2, -0.15) is 0 Å². The van der Waals surface area contributed by atoms with Crippen molar-refractivity contribution in [2.75, 3.05) is 0 Å². The molecule has 2 rings (SSSR count). The van der Waals surface area contributed by atoms with Gasteiger partial charge in [-0.05, 0) is 17.7 Å². The molecule has 2 aromatic rings. The van der Waals surface area contributed by atoms with Crippen molar-refractivity contribution in [2.24, 2.45) is 0 Å². The Labute approximate surface area is 133 Å². The third-order valence-corrected chi connectivity index (χ3v) is 3.13. The molecule has 4 N–H and O–H groups in total. The number of nitrogens with one attached hydrogen (secondary N) is 4. The SMILES string of the molecule is CC(=O)N[C@@H](CC(=O)NNC(=O)c1ccc[nH]1)c1ccccc1. The van der Waals surface area contributed by atoms with E-state index in [0.717, 1.165) is 5.56 Å². The molecule has 0 aliphatic rings. The number of aromatic nitrogens is 1. The zero-order valence-electron chi connectivity index (χ0n) is 12.6. The number of hydrazine groups is 1. The predicted molar refractivity (Wildman–Crippen MR) is 84.0 cm³/mol. The first-order chi connectivity index (χ1) is 11.1. The molecule has 1 aromatic carbocycles. The van der Waals surface area contributed by atoms with E-state index in [1.807, 2.05) is 30.3 Å². The van der Waals surface area contributed by atoms with Gasteiger partial charge in [-0.15, -0.1) is 0 Å². The molecular formula is C16H18N4O3. The van der Waals surface area contributed by atoms with Crippen LogP contribution in [0.5, 0.6) is 0 Å². The van der Waals surface area contributed by atoms with Gasteiger partial charge in [-0.3, -0.25) is 25.2 Å². The number of amides is 3. The van der Waals surface area contributed by atoms with Crippen LogP contribution in [0.2, 0.25) is 0 Å². The minimum atomic E-state index is -0.462. The highest BCUT2D eigenvalue weighted by Gasteiger charge is 2.17. The van der Waals surface area contributed by atoms with Gasteiger partial charge in [-0.1, -0.05) is 30.3 Å². The molecule has 7 heteroatoms. The van der Waals surface area contributed by atoms with E-state index < -0.39 is 17.9 Å². The largest absolute Gasteiger partial charge is 0.357 e. The lowest BCUT2D eigenvalue weighted by atomic mass is 10.0. The van der Waals surface area contributed by atoms with E-state index in [1.54, 1.807) is 18.3 Å².